The topological polar surface area (TPSA) is 45.0 Å². The lowest BCUT2D eigenvalue weighted by Gasteiger charge is -2.17. The molecule has 0 spiro atoms. The zero-order valence-electron chi connectivity index (χ0n) is 12.6. The summed E-state index contributed by atoms with van der Waals surface area (Å²) >= 11 is 0. The Hall–Kier alpha value is -2.47. The predicted molar refractivity (Wildman–Crippen MR) is 85.4 cm³/mol. The van der Waals surface area contributed by atoms with Crippen LogP contribution in [0.25, 0.3) is 0 Å². The molecule has 108 valence electrons. The molecule has 0 saturated carbocycles. The number of benzene rings is 2. The molecular formula is C18H20N2O. The number of nitrogens with zero attached hydrogens (tertiary/aromatic N) is 1. The van der Waals surface area contributed by atoms with Crippen LogP contribution in [0.4, 0.5) is 5.69 Å². The standard InChI is InChI=1S/C18H20N2O/c1-13(2)21-16-9-6-8-15(11-16)18(12-19)20-17-10-5-4-7-14(17)3/h4-11,13,18,20H,1-3H3. The van der Waals surface area contributed by atoms with Crippen LogP contribution in [-0.4, -0.2) is 6.10 Å². The molecule has 0 fully saturated rings. The Morgan fingerprint density at radius 2 is 1.86 bits per heavy atom. The number of nitrogens with one attached hydrogen (secondary N) is 1. The number of hydrogen-bond donors (Lipinski definition) is 1. The van der Waals surface area contributed by atoms with Gasteiger partial charge in [0.15, 0.2) is 0 Å². The van der Waals surface area contributed by atoms with Crippen molar-refractivity contribution in [3.63, 3.8) is 0 Å². The summed E-state index contributed by atoms with van der Waals surface area (Å²) in [5.41, 5.74) is 2.99. The van der Waals surface area contributed by atoms with E-state index in [2.05, 4.69) is 11.4 Å². The molecule has 0 heterocycles. The van der Waals surface area contributed by atoms with E-state index >= 15 is 0 Å². The normalized spacial score (nSPS) is 11.8. The fourth-order valence-corrected chi connectivity index (χ4v) is 2.12. The van der Waals surface area contributed by atoms with Gasteiger partial charge in [0.05, 0.1) is 12.2 Å². The van der Waals surface area contributed by atoms with Crippen molar-refractivity contribution in [1.29, 1.82) is 5.26 Å². The summed E-state index contributed by atoms with van der Waals surface area (Å²) in [6.07, 6.45) is 0.116. The highest BCUT2D eigenvalue weighted by atomic mass is 16.5. The molecule has 0 bridgehead atoms. The van der Waals surface area contributed by atoms with E-state index in [0.717, 1.165) is 22.6 Å². The summed E-state index contributed by atoms with van der Waals surface area (Å²) in [6.45, 7) is 6.00. The number of nitriles is 1. The summed E-state index contributed by atoms with van der Waals surface area (Å²) in [7, 11) is 0. The first kappa shape index (κ1) is 14.9. The van der Waals surface area contributed by atoms with Gasteiger partial charge in [-0.15, -0.1) is 0 Å². The molecule has 0 aliphatic carbocycles. The fourth-order valence-electron chi connectivity index (χ4n) is 2.12. The smallest absolute Gasteiger partial charge is 0.140 e. The third kappa shape index (κ3) is 4.00. The van der Waals surface area contributed by atoms with Gasteiger partial charge in [0, 0.05) is 5.69 Å². The molecule has 0 aromatic heterocycles. The van der Waals surface area contributed by atoms with E-state index in [1.54, 1.807) is 0 Å². The monoisotopic (exact) mass is 280 g/mol. The van der Waals surface area contributed by atoms with Gasteiger partial charge in [-0.25, -0.2) is 0 Å². The lowest BCUT2D eigenvalue weighted by atomic mass is 10.1. The van der Waals surface area contributed by atoms with E-state index in [4.69, 9.17) is 4.74 Å². The average molecular weight is 280 g/mol. The van der Waals surface area contributed by atoms with Crippen LogP contribution in [0, 0.1) is 18.3 Å². The molecule has 0 aliphatic heterocycles. The maximum absolute atomic E-state index is 9.45. The summed E-state index contributed by atoms with van der Waals surface area (Å²) < 4.78 is 5.69. The Bertz CT molecular complexity index is 644. The first-order valence-corrected chi connectivity index (χ1v) is 7.08. The summed E-state index contributed by atoms with van der Waals surface area (Å²) in [5, 5.41) is 12.7. The third-order valence-corrected chi connectivity index (χ3v) is 3.14. The van der Waals surface area contributed by atoms with E-state index in [1.807, 2.05) is 69.3 Å². The Morgan fingerprint density at radius 3 is 2.52 bits per heavy atom. The number of anilines is 1. The van der Waals surface area contributed by atoms with Gasteiger partial charge in [-0.2, -0.15) is 5.26 Å². The summed E-state index contributed by atoms with van der Waals surface area (Å²) in [6, 6.07) is 17.5. The molecule has 2 aromatic carbocycles. The lowest BCUT2D eigenvalue weighted by Crippen LogP contribution is -2.10. The van der Waals surface area contributed by atoms with Crippen LogP contribution in [0.2, 0.25) is 0 Å². The van der Waals surface area contributed by atoms with Crippen LogP contribution in [0.15, 0.2) is 48.5 Å². The van der Waals surface area contributed by atoms with E-state index in [-0.39, 0.29) is 6.10 Å². The molecule has 21 heavy (non-hydrogen) atoms. The average Bonchev–Trinajstić information content (AvgIpc) is 2.46. The second kappa shape index (κ2) is 6.81. The highest BCUT2D eigenvalue weighted by molar-refractivity contribution is 5.53. The van der Waals surface area contributed by atoms with Crippen molar-refractivity contribution in [2.75, 3.05) is 5.32 Å². The first-order chi connectivity index (χ1) is 10.1. The SMILES string of the molecule is Cc1ccccc1NC(C#N)c1cccc(OC(C)C)c1. The Balaban J connectivity index is 2.22. The Kier molecular flexibility index (Phi) is 4.84. The van der Waals surface area contributed by atoms with Crippen LogP contribution in [0.3, 0.4) is 0 Å². The maximum Gasteiger partial charge on any atom is 0.140 e. The van der Waals surface area contributed by atoms with Gasteiger partial charge in [-0.3, -0.25) is 0 Å². The van der Waals surface area contributed by atoms with Crippen molar-refractivity contribution in [3.8, 4) is 11.8 Å². The third-order valence-electron chi connectivity index (χ3n) is 3.14. The molecule has 0 amide bonds. The quantitative estimate of drug-likeness (QED) is 0.879. The van der Waals surface area contributed by atoms with E-state index < -0.39 is 6.04 Å². The fraction of sp³-hybridized carbons (Fsp3) is 0.278. The van der Waals surface area contributed by atoms with Gasteiger partial charge in [0.2, 0.25) is 0 Å². The molecule has 2 aromatic rings. The van der Waals surface area contributed by atoms with Crippen LogP contribution in [-0.2, 0) is 0 Å². The van der Waals surface area contributed by atoms with Crippen LogP contribution >= 0.6 is 0 Å². The molecule has 0 radical (unpaired) electrons. The molecule has 3 heteroatoms. The minimum Gasteiger partial charge on any atom is -0.491 e. The van der Waals surface area contributed by atoms with Crippen molar-refractivity contribution in [2.24, 2.45) is 0 Å². The molecular weight excluding hydrogens is 260 g/mol. The summed E-state index contributed by atoms with van der Waals surface area (Å²) in [4.78, 5) is 0. The second-order valence-corrected chi connectivity index (χ2v) is 5.26. The van der Waals surface area contributed by atoms with Crippen molar-refractivity contribution >= 4 is 5.69 Å². The number of hydrogen-bond acceptors (Lipinski definition) is 3. The maximum atomic E-state index is 9.45. The van der Waals surface area contributed by atoms with Crippen molar-refractivity contribution in [2.45, 2.75) is 32.9 Å². The molecule has 1 atom stereocenters. The van der Waals surface area contributed by atoms with Crippen LogP contribution < -0.4 is 10.1 Å². The molecule has 1 N–H and O–H groups in total. The van der Waals surface area contributed by atoms with Gasteiger partial charge in [0.25, 0.3) is 0 Å². The van der Waals surface area contributed by atoms with Gasteiger partial charge in [0.1, 0.15) is 11.8 Å². The number of para-hydroxylation sites is 1. The van der Waals surface area contributed by atoms with Crippen molar-refractivity contribution < 1.29 is 4.74 Å². The molecule has 1 unspecified atom stereocenters. The minimum absolute atomic E-state index is 0.116. The highest BCUT2D eigenvalue weighted by Crippen LogP contribution is 2.24. The number of ether oxygens (including phenoxy) is 1. The van der Waals surface area contributed by atoms with E-state index in [9.17, 15) is 5.26 Å². The minimum atomic E-state index is -0.401. The Morgan fingerprint density at radius 1 is 1.10 bits per heavy atom. The highest BCUT2D eigenvalue weighted by Gasteiger charge is 2.12. The zero-order valence-corrected chi connectivity index (χ0v) is 12.6. The largest absolute Gasteiger partial charge is 0.491 e. The van der Waals surface area contributed by atoms with Crippen LogP contribution in [0.5, 0.6) is 5.75 Å². The van der Waals surface area contributed by atoms with Crippen molar-refractivity contribution in [3.05, 3.63) is 59.7 Å². The number of rotatable bonds is 5. The predicted octanol–water partition coefficient (Wildman–Crippen LogP) is 4.46. The molecule has 2 rings (SSSR count). The van der Waals surface area contributed by atoms with Gasteiger partial charge >= 0.3 is 0 Å². The molecule has 0 saturated heterocycles. The lowest BCUT2D eigenvalue weighted by molar-refractivity contribution is 0.242. The van der Waals surface area contributed by atoms with Gasteiger partial charge in [-0.1, -0.05) is 30.3 Å². The molecule has 0 aliphatic rings. The first-order valence-electron chi connectivity index (χ1n) is 7.08. The van der Waals surface area contributed by atoms with Crippen molar-refractivity contribution in [1.82, 2.24) is 0 Å². The van der Waals surface area contributed by atoms with E-state index in [0.29, 0.717) is 0 Å². The molecule has 3 nitrogen and oxygen atoms in total. The van der Waals surface area contributed by atoms with Gasteiger partial charge in [-0.05, 0) is 50.1 Å². The zero-order chi connectivity index (χ0) is 15.2. The summed E-state index contributed by atoms with van der Waals surface area (Å²) in [5.74, 6) is 0.786. The van der Waals surface area contributed by atoms with E-state index in [1.165, 1.54) is 0 Å². The van der Waals surface area contributed by atoms with Gasteiger partial charge < -0.3 is 10.1 Å². The van der Waals surface area contributed by atoms with Crippen LogP contribution in [0.1, 0.15) is 31.0 Å². The Labute approximate surface area is 126 Å². The number of aryl methyl sites for hydroxylation is 1. The second-order valence-electron chi connectivity index (χ2n) is 5.26.